The fourth-order valence-electron chi connectivity index (χ4n) is 0.528. The maximum atomic E-state index is 10.1. The number of carboxylic acid groups (broad SMARTS) is 1. The number of nitrogens with two attached hydrogens (primary N) is 3. The lowest BCUT2D eigenvalue weighted by molar-refractivity contribution is -0.137. The van der Waals surface area contributed by atoms with Crippen molar-refractivity contribution in [2.75, 3.05) is 13.1 Å². The molecule has 0 aliphatic heterocycles. The zero-order valence-electron chi connectivity index (χ0n) is 6.03. The van der Waals surface area contributed by atoms with Gasteiger partial charge in [0.25, 0.3) is 0 Å². The molecular formula is C5H12N4O2. The summed E-state index contributed by atoms with van der Waals surface area (Å²) in [6.07, 6.45) is 1.18. The number of hydrogen-bond donors (Lipinski definition) is 4. The Balaban J connectivity index is 4.00. The smallest absolute Gasteiger partial charge is 0.324 e. The highest BCUT2D eigenvalue weighted by molar-refractivity contribution is 5.69. The van der Waals surface area contributed by atoms with Crippen molar-refractivity contribution in [3.05, 3.63) is 11.9 Å². The zero-order chi connectivity index (χ0) is 8.85. The van der Waals surface area contributed by atoms with Crippen molar-refractivity contribution in [1.82, 2.24) is 5.01 Å². The second-order valence-corrected chi connectivity index (χ2v) is 1.88. The normalized spacial score (nSPS) is 11.3. The molecule has 6 heteroatoms. The first kappa shape index (κ1) is 9.73. The van der Waals surface area contributed by atoms with E-state index in [9.17, 15) is 4.79 Å². The van der Waals surface area contributed by atoms with Gasteiger partial charge in [0.05, 0.1) is 5.70 Å². The van der Waals surface area contributed by atoms with Crippen LogP contribution >= 0.6 is 0 Å². The van der Waals surface area contributed by atoms with Gasteiger partial charge in [0, 0.05) is 12.7 Å². The van der Waals surface area contributed by atoms with Crippen LogP contribution in [-0.2, 0) is 4.79 Å². The SMILES string of the molecule is N/C=C(/CN)N(N)CC(=O)O. The van der Waals surface area contributed by atoms with E-state index in [1.165, 1.54) is 6.20 Å². The Morgan fingerprint density at radius 3 is 2.45 bits per heavy atom. The van der Waals surface area contributed by atoms with E-state index in [2.05, 4.69) is 0 Å². The summed E-state index contributed by atoms with van der Waals surface area (Å²) >= 11 is 0. The van der Waals surface area contributed by atoms with Crippen molar-refractivity contribution in [3.63, 3.8) is 0 Å². The molecule has 0 aromatic carbocycles. The average molecular weight is 160 g/mol. The molecule has 0 saturated carbocycles. The van der Waals surface area contributed by atoms with Gasteiger partial charge in [-0.2, -0.15) is 0 Å². The van der Waals surface area contributed by atoms with Crippen molar-refractivity contribution < 1.29 is 9.90 Å². The third-order valence-electron chi connectivity index (χ3n) is 1.08. The first-order chi connectivity index (χ1) is 5.11. The fraction of sp³-hybridized carbons (Fsp3) is 0.400. The Labute approximate surface area is 64.2 Å². The summed E-state index contributed by atoms with van der Waals surface area (Å²) in [6.45, 7) is -0.180. The number of carbonyl (C=O) groups is 1. The number of rotatable bonds is 4. The zero-order valence-corrected chi connectivity index (χ0v) is 6.03. The monoisotopic (exact) mass is 160 g/mol. The van der Waals surface area contributed by atoms with E-state index in [1.807, 2.05) is 0 Å². The predicted octanol–water partition coefficient (Wildman–Crippen LogP) is -1.99. The van der Waals surface area contributed by atoms with Crippen LogP contribution in [0.4, 0.5) is 0 Å². The summed E-state index contributed by atoms with van der Waals surface area (Å²) in [4.78, 5) is 10.1. The van der Waals surface area contributed by atoms with Crippen LogP contribution in [0.25, 0.3) is 0 Å². The topological polar surface area (TPSA) is 119 Å². The van der Waals surface area contributed by atoms with Crippen LogP contribution in [0, 0.1) is 0 Å². The first-order valence-electron chi connectivity index (χ1n) is 2.96. The lowest BCUT2D eigenvalue weighted by Gasteiger charge is -2.17. The highest BCUT2D eigenvalue weighted by atomic mass is 16.4. The highest BCUT2D eigenvalue weighted by Gasteiger charge is 2.06. The van der Waals surface area contributed by atoms with Crippen molar-refractivity contribution in [3.8, 4) is 0 Å². The van der Waals surface area contributed by atoms with Gasteiger partial charge in [0.15, 0.2) is 0 Å². The summed E-state index contributed by atoms with van der Waals surface area (Å²) in [5.41, 5.74) is 10.7. The number of hydrogen-bond acceptors (Lipinski definition) is 5. The van der Waals surface area contributed by atoms with Crippen LogP contribution in [0.15, 0.2) is 11.9 Å². The molecule has 0 radical (unpaired) electrons. The Kier molecular flexibility index (Phi) is 4.01. The van der Waals surface area contributed by atoms with Gasteiger partial charge >= 0.3 is 5.97 Å². The standard InChI is InChI=1S/C5H12N4O2/c6-1-4(2-7)9(8)3-5(10)11/h1H,2-3,6-8H2,(H,10,11)/b4-1-. The predicted molar refractivity (Wildman–Crippen MR) is 39.9 cm³/mol. The molecule has 0 spiro atoms. The molecule has 0 aromatic rings. The molecule has 0 saturated heterocycles. The largest absolute Gasteiger partial charge is 0.480 e. The molecule has 0 amide bonds. The minimum absolute atomic E-state index is 0.125. The van der Waals surface area contributed by atoms with E-state index in [4.69, 9.17) is 22.4 Å². The third-order valence-corrected chi connectivity index (χ3v) is 1.08. The Morgan fingerprint density at radius 2 is 2.18 bits per heavy atom. The van der Waals surface area contributed by atoms with Crippen LogP contribution in [0.5, 0.6) is 0 Å². The summed E-state index contributed by atoms with van der Waals surface area (Å²) in [5.74, 6) is 4.24. The highest BCUT2D eigenvalue weighted by Crippen LogP contribution is 1.91. The minimum atomic E-state index is -1.03. The van der Waals surface area contributed by atoms with Crippen molar-refractivity contribution in [1.29, 1.82) is 0 Å². The molecule has 6 nitrogen and oxygen atoms in total. The van der Waals surface area contributed by atoms with Gasteiger partial charge in [-0.15, -0.1) is 0 Å². The van der Waals surface area contributed by atoms with Gasteiger partial charge < -0.3 is 21.6 Å². The van der Waals surface area contributed by atoms with Crippen molar-refractivity contribution in [2.24, 2.45) is 17.3 Å². The summed E-state index contributed by atoms with van der Waals surface area (Å²) in [5, 5.41) is 9.28. The van der Waals surface area contributed by atoms with Crippen LogP contribution in [-0.4, -0.2) is 29.2 Å². The minimum Gasteiger partial charge on any atom is -0.480 e. The van der Waals surface area contributed by atoms with Gasteiger partial charge in [-0.05, 0) is 0 Å². The summed E-state index contributed by atoms with van der Waals surface area (Å²) in [6, 6.07) is 0. The number of nitrogens with zero attached hydrogens (tertiary/aromatic N) is 1. The second kappa shape index (κ2) is 4.53. The Bertz CT molecular complexity index is 168. The molecule has 0 aliphatic rings. The molecule has 0 unspecified atom stereocenters. The molecule has 0 bridgehead atoms. The quantitative estimate of drug-likeness (QED) is 0.279. The number of carboxylic acids is 1. The molecular weight excluding hydrogens is 148 g/mol. The van der Waals surface area contributed by atoms with E-state index in [-0.39, 0.29) is 13.1 Å². The molecule has 0 atom stereocenters. The van der Waals surface area contributed by atoms with Crippen LogP contribution < -0.4 is 17.3 Å². The molecule has 64 valence electrons. The van der Waals surface area contributed by atoms with Crippen molar-refractivity contribution >= 4 is 5.97 Å². The molecule has 11 heavy (non-hydrogen) atoms. The molecule has 0 aliphatic carbocycles. The number of hydrazine groups is 1. The van der Waals surface area contributed by atoms with E-state index in [1.54, 1.807) is 0 Å². The van der Waals surface area contributed by atoms with Crippen LogP contribution in [0.3, 0.4) is 0 Å². The third kappa shape index (κ3) is 3.43. The van der Waals surface area contributed by atoms with Crippen LogP contribution in [0.2, 0.25) is 0 Å². The van der Waals surface area contributed by atoms with Gasteiger partial charge in [-0.3, -0.25) is 4.79 Å². The Morgan fingerprint density at radius 1 is 1.64 bits per heavy atom. The lowest BCUT2D eigenvalue weighted by atomic mass is 10.4. The molecule has 0 rings (SSSR count). The van der Waals surface area contributed by atoms with Crippen molar-refractivity contribution in [2.45, 2.75) is 0 Å². The maximum absolute atomic E-state index is 10.1. The summed E-state index contributed by atoms with van der Waals surface area (Å²) < 4.78 is 0. The Hall–Kier alpha value is -1.27. The van der Waals surface area contributed by atoms with Gasteiger partial charge in [0.2, 0.25) is 0 Å². The van der Waals surface area contributed by atoms with E-state index < -0.39 is 5.97 Å². The van der Waals surface area contributed by atoms with Gasteiger partial charge in [-0.1, -0.05) is 0 Å². The van der Waals surface area contributed by atoms with Crippen LogP contribution in [0.1, 0.15) is 0 Å². The number of aliphatic carboxylic acids is 1. The van der Waals surface area contributed by atoms with E-state index in [0.29, 0.717) is 5.70 Å². The fourth-order valence-corrected chi connectivity index (χ4v) is 0.528. The van der Waals surface area contributed by atoms with E-state index in [0.717, 1.165) is 5.01 Å². The van der Waals surface area contributed by atoms with E-state index >= 15 is 0 Å². The molecule has 0 aromatic heterocycles. The molecule has 7 N–H and O–H groups in total. The molecule has 0 fully saturated rings. The molecule has 0 heterocycles. The van der Waals surface area contributed by atoms with Gasteiger partial charge in [0.1, 0.15) is 6.54 Å². The maximum Gasteiger partial charge on any atom is 0.324 e. The second-order valence-electron chi connectivity index (χ2n) is 1.88. The average Bonchev–Trinajstić information content (AvgIpc) is 1.88. The first-order valence-corrected chi connectivity index (χ1v) is 2.96. The lowest BCUT2D eigenvalue weighted by Crippen LogP contribution is -2.38. The summed E-state index contributed by atoms with van der Waals surface area (Å²) in [7, 11) is 0. The van der Waals surface area contributed by atoms with Gasteiger partial charge in [-0.25, -0.2) is 5.84 Å².